The van der Waals surface area contributed by atoms with E-state index in [0.29, 0.717) is 5.56 Å². The summed E-state index contributed by atoms with van der Waals surface area (Å²) in [6.07, 6.45) is 5.15. The van der Waals surface area contributed by atoms with E-state index in [9.17, 15) is 4.79 Å². The maximum atomic E-state index is 12.1. The van der Waals surface area contributed by atoms with E-state index in [1.807, 2.05) is 50.3 Å². The first-order valence-electron chi connectivity index (χ1n) is 5.42. The first kappa shape index (κ1) is 11.4. The number of aryl methyl sites for hydroxylation is 1. The third kappa shape index (κ3) is 2.20. The Labute approximate surface area is 100 Å². The fraction of sp³-hybridized carbons (Fsp3) is 0.231. The lowest BCUT2D eigenvalue weighted by molar-refractivity contribution is 0.104. The van der Waals surface area contributed by atoms with Gasteiger partial charge in [0.15, 0.2) is 5.78 Å². The van der Waals surface area contributed by atoms with Crippen molar-refractivity contribution in [1.29, 1.82) is 0 Å². The van der Waals surface area contributed by atoms with Gasteiger partial charge in [0.05, 0.1) is 16.8 Å². The van der Waals surface area contributed by atoms with E-state index >= 15 is 0 Å². The van der Waals surface area contributed by atoms with Crippen LogP contribution in [0.5, 0.6) is 0 Å². The van der Waals surface area contributed by atoms with E-state index in [1.54, 1.807) is 16.8 Å². The molecular formula is C13H15N3O. The largest absolute Gasteiger partial charge is 0.383 e. The molecule has 0 atom stereocenters. The Balaban J connectivity index is 2.48. The van der Waals surface area contributed by atoms with Crippen LogP contribution in [-0.4, -0.2) is 34.4 Å². The van der Waals surface area contributed by atoms with E-state index in [1.165, 1.54) is 0 Å². The summed E-state index contributed by atoms with van der Waals surface area (Å²) in [6, 6.07) is 5.70. The third-order valence-corrected chi connectivity index (χ3v) is 2.49. The molecule has 0 bridgehead atoms. The van der Waals surface area contributed by atoms with Gasteiger partial charge in [-0.2, -0.15) is 5.10 Å². The zero-order chi connectivity index (χ0) is 12.4. The molecule has 4 heteroatoms. The van der Waals surface area contributed by atoms with E-state index in [2.05, 4.69) is 5.10 Å². The molecule has 0 spiro atoms. The Morgan fingerprint density at radius 2 is 2.18 bits per heavy atom. The summed E-state index contributed by atoms with van der Waals surface area (Å²) in [5.41, 5.74) is 2.27. The Hall–Kier alpha value is -2.10. The van der Waals surface area contributed by atoms with Crippen molar-refractivity contribution in [2.75, 3.05) is 14.1 Å². The normalized spacial score (nSPS) is 11.2. The lowest BCUT2D eigenvalue weighted by Gasteiger charge is -2.02. The number of hydrogen-bond donors (Lipinski definition) is 0. The van der Waals surface area contributed by atoms with Gasteiger partial charge in [0.2, 0.25) is 0 Å². The van der Waals surface area contributed by atoms with Gasteiger partial charge in [-0.25, -0.2) is 4.52 Å². The molecule has 0 aliphatic heterocycles. The molecule has 0 radical (unpaired) electrons. The molecular weight excluding hydrogens is 214 g/mol. The molecule has 0 aliphatic rings. The molecule has 0 saturated heterocycles. The van der Waals surface area contributed by atoms with E-state index in [4.69, 9.17) is 0 Å². The van der Waals surface area contributed by atoms with Gasteiger partial charge in [0.25, 0.3) is 0 Å². The first-order valence-corrected chi connectivity index (χ1v) is 5.42. The summed E-state index contributed by atoms with van der Waals surface area (Å²) in [6.45, 7) is 1.85. The predicted octanol–water partition coefficient (Wildman–Crippen LogP) is 1.90. The minimum Gasteiger partial charge on any atom is -0.383 e. The van der Waals surface area contributed by atoms with Crippen LogP contribution < -0.4 is 0 Å². The maximum absolute atomic E-state index is 12.1. The summed E-state index contributed by atoms with van der Waals surface area (Å²) in [7, 11) is 3.76. The van der Waals surface area contributed by atoms with Crippen LogP contribution in [0.1, 0.15) is 16.1 Å². The highest BCUT2D eigenvalue weighted by molar-refractivity contribution is 6.10. The van der Waals surface area contributed by atoms with Gasteiger partial charge in [-0.1, -0.05) is 6.07 Å². The molecule has 2 aromatic rings. The molecule has 2 rings (SSSR count). The second kappa shape index (κ2) is 4.41. The zero-order valence-corrected chi connectivity index (χ0v) is 10.2. The summed E-state index contributed by atoms with van der Waals surface area (Å²) in [5.74, 6) is -0.0163. The van der Waals surface area contributed by atoms with Crippen molar-refractivity contribution in [3.8, 4) is 0 Å². The lowest BCUT2D eigenvalue weighted by atomic mass is 10.1. The topological polar surface area (TPSA) is 37.6 Å². The van der Waals surface area contributed by atoms with Gasteiger partial charge in [-0.05, 0) is 19.1 Å². The number of fused-ring (bicyclic) bond motifs is 1. The SMILES string of the molecule is Cc1nn2ccccc2c1C(=O)/C=C/N(C)C. The third-order valence-electron chi connectivity index (χ3n) is 2.49. The average Bonchev–Trinajstić information content (AvgIpc) is 2.61. The molecule has 0 amide bonds. The van der Waals surface area contributed by atoms with Gasteiger partial charge >= 0.3 is 0 Å². The van der Waals surface area contributed by atoms with Crippen molar-refractivity contribution in [3.63, 3.8) is 0 Å². The number of rotatable bonds is 3. The van der Waals surface area contributed by atoms with Crippen molar-refractivity contribution in [2.24, 2.45) is 0 Å². The van der Waals surface area contributed by atoms with Crippen LogP contribution in [0.3, 0.4) is 0 Å². The number of hydrogen-bond acceptors (Lipinski definition) is 3. The molecule has 2 heterocycles. The van der Waals surface area contributed by atoms with Crippen LogP contribution in [-0.2, 0) is 0 Å². The van der Waals surface area contributed by atoms with Crippen molar-refractivity contribution in [1.82, 2.24) is 14.5 Å². The highest BCUT2D eigenvalue weighted by Gasteiger charge is 2.14. The summed E-state index contributed by atoms with van der Waals surface area (Å²) < 4.78 is 1.73. The number of pyridine rings is 1. The van der Waals surface area contributed by atoms with Crippen molar-refractivity contribution in [2.45, 2.75) is 6.92 Å². The second-order valence-corrected chi connectivity index (χ2v) is 4.13. The molecule has 0 N–H and O–H groups in total. The van der Waals surface area contributed by atoms with Crippen LogP contribution in [0.15, 0.2) is 36.7 Å². The van der Waals surface area contributed by atoms with E-state index in [0.717, 1.165) is 11.2 Å². The predicted molar refractivity (Wildman–Crippen MR) is 67.1 cm³/mol. The van der Waals surface area contributed by atoms with Crippen LogP contribution in [0, 0.1) is 6.92 Å². The number of allylic oxidation sites excluding steroid dienone is 1. The molecule has 88 valence electrons. The molecule has 17 heavy (non-hydrogen) atoms. The summed E-state index contributed by atoms with van der Waals surface area (Å²) >= 11 is 0. The minimum absolute atomic E-state index is 0.0163. The molecule has 0 aromatic carbocycles. The molecule has 0 aliphatic carbocycles. The van der Waals surface area contributed by atoms with E-state index < -0.39 is 0 Å². The smallest absolute Gasteiger partial charge is 0.191 e. The van der Waals surface area contributed by atoms with Crippen molar-refractivity contribution >= 4 is 11.3 Å². The van der Waals surface area contributed by atoms with Gasteiger partial charge in [0, 0.05) is 32.6 Å². The molecule has 0 fully saturated rings. The average molecular weight is 229 g/mol. The molecule has 2 aromatic heterocycles. The minimum atomic E-state index is -0.0163. The fourth-order valence-electron chi connectivity index (χ4n) is 1.72. The van der Waals surface area contributed by atoms with Crippen LogP contribution in [0.2, 0.25) is 0 Å². The molecule has 4 nitrogen and oxygen atoms in total. The quantitative estimate of drug-likeness (QED) is 0.596. The van der Waals surface area contributed by atoms with Crippen molar-refractivity contribution < 1.29 is 4.79 Å². The van der Waals surface area contributed by atoms with E-state index in [-0.39, 0.29) is 5.78 Å². The van der Waals surface area contributed by atoms with Gasteiger partial charge in [-0.15, -0.1) is 0 Å². The number of carbonyl (C=O) groups excluding carboxylic acids is 1. The van der Waals surface area contributed by atoms with Crippen LogP contribution >= 0.6 is 0 Å². The number of ketones is 1. The standard InChI is InChI=1S/C13H15N3O/c1-10-13(12(17)7-9-15(2)3)11-6-4-5-8-16(11)14-10/h4-9H,1-3H3/b9-7+. The summed E-state index contributed by atoms with van der Waals surface area (Å²) in [4.78, 5) is 13.9. The Morgan fingerprint density at radius 1 is 1.41 bits per heavy atom. The monoisotopic (exact) mass is 229 g/mol. The summed E-state index contributed by atoms with van der Waals surface area (Å²) in [5, 5.41) is 4.31. The highest BCUT2D eigenvalue weighted by Crippen LogP contribution is 2.16. The Bertz CT molecular complexity index is 581. The molecule has 0 unspecified atom stereocenters. The van der Waals surface area contributed by atoms with Gasteiger partial charge in [-0.3, -0.25) is 4.79 Å². The fourth-order valence-corrected chi connectivity index (χ4v) is 1.72. The number of aromatic nitrogens is 2. The number of nitrogens with zero attached hydrogens (tertiary/aromatic N) is 3. The Kier molecular flexibility index (Phi) is 2.95. The lowest BCUT2D eigenvalue weighted by Crippen LogP contribution is -2.03. The van der Waals surface area contributed by atoms with Crippen LogP contribution in [0.4, 0.5) is 0 Å². The molecule has 0 saturated carbocycles. The maximum Gasteiger partial charge on any atom is 0.191 e. The second-order valence-electron chi connectivity index (χ2n) is 4.13. The Morgan fingerprint density at radius 3 is 2.88 bits per heavy atom. The number of carbonyl (C=O) groups is 1. The zero-order valence-electron chi connectivity index (χ0n) is 10.2. The van der Waals surface area contributed by atoms with Crippen LogP contribution in [0.25, 0.3) is 5.52 Å². The van der Waals surface area contributed by atoms with Crippen molar-refractivity contribution in [3.05, 3.63) is 47.9 Å². The van der Waals surface area contributed by atoms with Gasteiger partial charge in [0.1, 0.15) is 0 Å². The first-order chi connectivity index (χ1) is 8.09. The highest BCUT2D eigenvalue weighted by atomic mass is 16.1. The van der Waals surface area contributed by atoms with Gasteiger partial charge < -0.3 is 4.90 Å².